The van der Waals surface area contributed by atoms with Crippen LogP contribution in [0.4, 0.5) is 10.1 Å². The average molecular weight is 641 g/mol. The summed E-state index contributed by atoms with van der Waals surface area (Å²) in [6, 6.07) is 18.8. The number of benzene rings is 3. The lowest BCUT2D eigenvalue weighted by Gasteiger charge is -2.26. The lowest BCUT2D eigenvalue weighted by molar-refractivity contribution is 0.0730. The molecule has 40 heavy (non-hydrogen) atoms. The van der Waals surface area contributed by atoms with Crippen LogP contribution in [0.25, 0.3) is 22.2 Å². The summed E-state index contributed by atoms with van der Waals surface area (Å²) in [7, 11) is -3.61. The molecule has 0 unspecified atom stereocenters. The van der Waals surface area contributed by atoms with Crippen LogP contribution in [-0.2, 0) is 14.8 Å². The second-order valence-electron chi connectivity index (χ2n) is 9.00. The van der Waals surface area contributed by atoms with Gasteiger partial charge < -0.3 is 9.72 Å². The predicted octanol–water partition coefficient (Wildman–Crippen LogP) is 5.74. The number of rotatable bonds is 6. The zero-order valence-corrected chi connectivity index (χ0v) is 24.2. The minimum absolute atomic E-state index is 0.197. The van der Waals surface area contributed by atoms with E-state index in [-0.39, 0.29) is 10.7 Å². The molecule has 12 heteroatoms. The monoisotopic (exact) mass is 639 g/mol. The van der Waals surface area contributed by atoms with Crippen molar-refractivity contribution >= 4 is 60.1 Å². The average Bonchev–Trinajstić information content (AvgIpc) is 3.56. The van der Waals surface area contributed by atoms with Crippen LogP contribution in [0.5, 0.6) is 0 Å². The topological polar surface area (TPSA) is 92.0 Å². The first kappa shape index (κ1) is 26.8. The van der Waals surface area contributed by atoms with Crippen molar-refractivity contribution in [3.05, 3.63) is 99.0 Å². The Morgan fingerprint density at radius 2 is 1.82 bits per heavy atom. The first-order valence-corrected chi connectivity index (χ1v) is 15.5. The van der Waals surface area contributed by atoms with Crippen molar-refractivity contribution in [2.45, 2.75) is 4.90 Å². The van der Waals surface area contributed by atoms with Crippen LogP contribution in [0.2, 0.25) is 0 Å². The van der Waals surface area contributed by atoms with E-state index in [2.05, 4.69) is 20.9 Å². The van der Waals surface area contributed by atoms with Gasteiger partial charge in [-0.05, 0) is 54.6 Å². The molecule has 0 saturated carbocycles. The molecule has 3 aromatic carbocycles. The number of halogens is 2. The molecule has 6 rings (SSSR count). The molecule has 5 aromatic rings. The van der Waals surface area contributed by atoms with Crippen molar-refractivity contribution in [2.24, 2.45) is 10.1 Å². The van der Waals surface area contributed by atoms with Gasteiger partial charge in [0.1, 0.15) is 5.82 Å². The fourth-order valence-corrected chi connectivity index (χ4v) is 7.04. The fraction of sp³-hybridized carbons (Fsp3) is 0.143. The molecule has 0 bridgehead atoms. The van der Waals surface area contributed by atoms with Crippen molar-refractivity contribution in [3.63, 3.8) is 0 Å². The first-order valence-electron chi connectivity index (χ1n) is 12.4. The smallest absolute Gasteiger partial charge is 0.243 e. The van der Waals surface area contributed by atoms with Crippen LogP contribution < -0.4 is 4.80 Å². The standard InChI is InChI=1S/C28H23BrFN5O3S2/c29-20-5-10-26-24(15-20)19(16-31-26)17-32-35-27(23-3-1-2-4-25(23)30)18-39-28(35)33-21-6-8-22(9-7-21)40(36,37)34-11-13-38-14-12-34/h1-10,15-18,31H,11-14H2. The molecule has 8 nitrogen and oxygen atoms in total. The summed E-state index contributed by atoms with van der Waals surface area (Å²) in [5, 5.41) is 7.50. The molecule has 0 radical (unpaired) electrons. The molecular formula is C28H23BrFN5O3S2. The van der Waals surface area contributed by atoms with Crippen molar-refractivity contribution in [1.29, 1.82) is 0 Å². The molecule has 204 valence electrons. The summed E-state index contributed by atoms with van der Waals surface area (Å²) in [5.41, 5.74) is 3.31. The number of aromatic nitrogens is 2. The SMILES string of the molecule is O=S(=O)(c1ccc(N=c2scc(-c3ccccc3F)n2N=Cc2c[nH]c3ccc(Br)cc23)cc1)N1CCOCC1. The lowest BCUT2D eigenvalue weighted by atomic mass is 10.1. The highest BCUT2D eigenvalue weighted by Crippen LogP contribution is 2.26. The second-order valence-corrected chi connectivity index (χ2v) is 12.7. The summed E-state index contributed by atoms with van der Waals surface area (Å²) in [4.78, 5) is 8.66. The summed E-state index contributed by atoms with van der Waals surface area (Å²) in [5.74, 6) is -0.371. The first-order chi connectivity index (χ1) is 19.4. The fourth-order valence-electron chi connectivity index (χ4n) is 4.42. The van der Waals surface area contributed by atoms with Gasteiger partial charge in [0.15, 0.2) is 0 Å². The molecule has 0 amide bonds. The van der Waals surface area contributed by atoms with Gasteiger partial charge in [-0.1, -0.05) is 28.1 Å². The predicted molar refractivity (Wildman–Crippen MR) is 158 cm³/mol. The molecule has 0 spiro atoms. The van der Waals surface area contributed by atoms with E-state index in [0.717, 1.165) is 20.9 Å². The molecule has 1 aliphatic rings. The van der Waals surface area contributed by atoms with E-state index in [1.807, 2.05) is 24.4 Å². The third-order valence-electron chi connectivity index (χ3n) is 6.49. The number of H-pyrrole nitrogens is 1. The molecular weight excluding hydrogens is 617 g/mol. The number of aromatic amines is 1. The van der Waals surface area contributed by atoms with E-state index in [1.54, 1.807) is 58.7 Å². The number of hydrogen-bond donors (Lipinski definition) is 1. The number of nitrogens with one attached hydrogen (secondary N) is 1. The Bertz CT molecular complexity index is 1890. The molecule has 1 aliphatic heterocycles. The summed E-state index contributed by atoms with van der Waals surface area (Å²) < 4.78 is 50.0. The zero-order valence-electron chi connectivity index (χ0n) is 21.0. The third-order valence-corrected chi connectivity index (χ3v) is 9.71. The highest BCUT2D eigenvalue weighted by Gasteiger charge is 2.26. The number of fused-ring (bicyclic) bond motifs is 1. The zero-order chi connectivity index (χ0) is 27.7. The molecule has 1 saturated heterocycles. The molecule has 0 atom stereocenters. The van der Waals surface area contributed by atoms with Crippen molar-refractivity contribution in [3.8, 4) is 11.3 Å². The van der Waals surface area contributed by atoms with Crippen LogP contribution >= 0.6 is 27.3 Å². The van der Waals surface area contributed by atoms with E-state index in [9.17, 15) is 12.8 Å². The van der Waals surface area contributed by atoms with Crippen LogP contribution in [0.15, 0.2) is 97.8 Å². The molecule has 2 aromatic heterocycles. The minimum atomic E-state index is -3.61. The molecule has 0 aliphatic carbocycles. The number of ether oxygens (including phenoxy) is 1. The number of morpholine rings is 1. The van der Waals surface area contributed by atoms with E-state index < -0.39 is 10.0 Å². The Labute approximate surface area is 242 Å². The van der Waals surface area contributed by atoms with Crippen molar-refractivity contribution < 1.29 is 17.5 Å². The quantitative estimate of drug-likeness (QED) is 0.240. The van der Waals surface area contributed by atoms with Crippen molar-refractivity contribution in [2.75, 3.05) is 26.3 Å². The molecule has 1 fully saturated rings. The van der Waals surface area contributed by atoms with Gasteiger partial charge in [0.2, 0.25) is 14.8 Å². The van der Waals surface area contributed by atoms with Crippen LogP contribution in [0.3, 0.4) is 0 Å². The maximum absolute atomic E-state index is 14.8. The minimum Gasteiger partial charge on any atom is -0.379 e. The Balaban J connectivity index is 1.40. The van der Waals surface area contributed by atoms with Gasteiger partial charge in [0.05, 0.1) is 35.7 Å². The van der Waals surface area contributed by atoms with E-state index in [0.29, 0.717) is 48.0 Å². The van der Waals surface area contributed by atoms with Gasteiger partial charge in [-0.2, -0.15) is 9.41 Å². The summed E-state index contributed by atoms with van der Waals surface area (Å²) >= 11 is 4.83. The van der Waals surface area contributed by atoms with Crippen molar-refractivity contribution in [1.82, 2.24) is 14.0 Å². The lowest BCUT2D eigenvalue weighted by Crippen LogP contribution is -2.40. The maximum atomic E-state index is 14.8. The van der Waals surface area contributed by atoms with Gasteiger partial charge in [-0.15, -0.1) is 11.3 Å². The molecule has 1 N–H and O–H groups in total. The second kappa shape index (κ2) is 11.2. The van der Waals surface area contributed by atoms with Gasteiger partial charge in [-0.25, -0.2) is 22.5 Å². The molecule has 3 heterocycles. The number of sulfonamides is 1. The number of thiazole rings is 1. The Morgan fingerprint density at radius 3 is 2.60 bits per heavy atom. The highest BCUT2D eigenvalue weighted by molar-refractivity contribution is 9.10. The van der Waals surface area contributed by atoms with Gasteiger partial charge in [0, 0.05) is 51.2 Å². The largest absolute Gasteiger partial charge is 0.379 e. The maximum Gasteiger partial charge on any atom is 0.243 e. The van der Waals surface area contributed by atoms with Crippen LogP contribution in [-0.4, -0.2) is 54.9 Å². The number of nitrogens with zero attached hydrogens (tertiary/aromatic N) is 4. The highest BCUT2D eigenvalue weighted by atomic mass is 79.9. The normalized spacial score (nSPS) is 15.4. The van der Waals surface area contributed by atoms with Crippen LogP contribution in [0, 0.1) is 5.82 Å². The van der Waals surface area contributed by atoms with Gasteiger partial charge in [0.25, 0.3) is 0 Å². The Morgan fingerprint density at radius 1 is 1.05 bits per heavy atom. The Kier molecular flexibility index (Phi) is 7.51. The van der Waals surface area contributed by atoms with Crippen LogP contribution in [0.1, 0.15) is 5.56 Å². The third kappa shape index (κ3) is 5.32. The summed E-state index contributed by atoms with van der Waals surface area (Å²) in [6.07, 6.45) is 3.57. The van der Waals surface area contributed by atoms with E-state index >= 15 is 0 Å². The van der Waals surface area contributed by atoms with Gasteiger partial charge >= 0.3 is 0 Å². The van der Waals surface area contributed by atoms with Gasteiger partial charge in [-0.3, -0.25) is 0 Å². The van der Waals surface area contributed by atoms with E-state index in [4.69, 9.17) is 14.8 Å². The van der Waals surface area contributed by atoms with E-state index in [1.165, 1.54) is 21.7 Å². The summed E-state index contributed by atoms with van der Waals surface area (Å²) in [6.45, 7) is 1.42. The Hall–Kier alpha value is -3.42. The number of hydrogen-bond acceptors (Lipinski definition) is 6.